The fourth-order valence-electron chi connectivity index (χ4n) is 0.695. The molecule has 0 aromatic carbocycles. The Morgan fingerprint density at radius 2 is 2.00 bits per heavy atom. The van der Waals surface area contributed by atoms with Crippen LogP contribution in [0.5, 0.6) is 0 Å². The third-order valence-corrected chi connectivity index (χ3v) is 1.29. The number of carbonyl (C=O) groups is 3. The summed E-state index contributed by atoms with van der Waals surface area (Å²) in [4.78, 5) is 31.2. The van der Waals surface area contributed by atoms with Crippen LogP contribution in [0, 0.1) is 0 Å². The number of allylic oxidation sites excluding steroid dienone is 1. The van der Waals surface area contributed by atoms with E-state index in [0.29, 0.717) is 6.42 Å². The quantitative estimate of drug-likeness (QED) is 0.398. The van der Waals surface area contributed by atoms with E-state index in [-0.39, 0.29) is 12.4 Å². The molecule has 0 aliphatic carbocycles. The summed E-state index contributed by atoms with van der Waals surface area (Å²) in [6.45, 7) is 1.68. The van der Waals surface area contributed by atoms with E-state index in [1.54, 1.807) is 0 Å². The van der Waals surface area contributed by atoms with Crippen LogP contribution in [0.1, 0.15) is 19.8 Å². The molecule has 14 heavy (non-hydrogen) atoms. The van der Waals surface area contributed by atoms with Crippen molar-refractivity contribution < 1.29 is 24.2 Å². The number of ketones is 1. The van der Waals surface area contributed by atoms with E-state index in [4.69, 9.17) is 5.11 Å². The lowest BCUT2D eigenvalue weighted by Gasteiger charge is -1.95. The molecule has 0 atom stereocenters. The number of rotatable bonds is 5. The highest BCUT2D eigenvalue weighted by Gasteiger charge is 2.10. The van der Waals surface area contributed by atoms with Crippen LogP contribution in [-0.4, -0.2) is 29.4 Å². The summed E-state index contributed by atoms with van der Waals surface area (Å²) in [5, 5.41) is 8.11. The molecule has 0 aliphatic heterocycles. The van der Waals surface area contributed by atoms with Crippen LogP contribution >= 0.6 is 0 Å². The maximum absolute atomic E-state index is 10.9. The first-order chi connectivity index (χ1) is 6.57. The van der Waals surface area contributed by atoms with Crippen LogP contribution in [-0.2, 0) is 19.1 Å². The molecule has 0 saturated carbocycles. The smallest absolute Gasteiger partial charge is 0.417 e. The van der Waals surface area contributed by atoms with Gasteiger partial charge in [-0.1, -0.05) is 6.92 Å². The summed E-state index contributed by atoms with van der Waals surface area (Å²) in [6.07, 6.45) is 3.78. The van der Waals surface area contributed by atoms with Crippen molar-refractivity contribution in [2.45, 2.75) is 19.8 Å². The first kappa shape index (κ1) is 12.3. The minimum Gasteiger partial charge on any atom is -0.473 e. The molecule has 5 heteroatoms. The zero-order chi connectivity index (χ0) is 11.0. The average molecular weight is 200 g/mol. The maximum Gasteiger partial charge on any atom is 0.417 e. The zero-order valence-corrected chi connectivity index (χ0v) is 7.86. The molecule has 1 N–H and O–H groups in total. The molecule has 0 unspecified atom stereocenters. The lowest BCUT2D eigenvalue weighted by Crippen LogP contribution is -2.16. The molecule has 0 heterocycles. The molecule has 78 valence electrons. The molecule has 0 rings (SSSR count). The SMILES string of the molecule is CCCC(=O)C=CCOC(=O)C(=O)O. The summed E-state index contributed by atoms with van der Waals surface area (Å²) in [5.74, 6) is -3.03. The van der Waals surface area contributed by atoms with Crippen molar-refractivity contribution in [3.05, 3.63) is 12.2 Å². The van der Waals surface area contributed by atoms with Gasteiger partial charge in [-0.15, -0.1) is 0 Å². The number of carboxylic acid groups (broad SMARTS) is 1. The first-order valence-electron chi connectivity index (χ1n) is 4.17. The number of hydrogen-bond acceptors (Lipinski definition) is 4. The van der Waals surface area contributed by atoms with Crippen LogP contribution in [0.2, 0.25) is 0 Å². The van der Waals surface area contributed by atoms with Crippen LogP contribution < -0.4 is 0 Å². The number of carbonyl (C=O) groups excluding carboxylic acids is 2. The van der Waals surface area contributed by atoms with Crippen LogP contribution in [0.4, 0.5) is 0 Å². The Morgan fingerprint density at radius 1 is 1.36 bits per heavy atom. The van der Waals surface area contributed by atoms with Crippen LogP contribution in [0.3, 0.4) is 0 Å². The van der Waals surface area contributed by atoms with E-state index in [9.17, 15) is 14.4 Å². The molecule has 0 fully saturated rings. The second kappa shape index (κ2) is 6.82. The van der Waals surface area contributed by atoms with Gasteiger partial charge >= 0.3 is 11.9 Å². The van der Waals surface area contributed by atoms with Gasteiger partial charge in [0.05, 0.1) is 0 Å². The number of aliphatic carboxylic acids is 1. The standard InChI is InChI=1S/C9H12O5/c1-2-4-7(10)5-3-6-14-9(13)8(11)12/h3,5H,2,4,6H2,1H3,(H,11,12). The normalized spacial score (nSPS) is 10.1. The molecule has 0 aromatic heterocycles. The van der Waals surface area contributed by atoms with E-state index in [2.05, 4.69) is 4.74 Å². The summed E-state index contributed by atoms with van der Waals surface area (Å²) < 4.78 is 4.25. The van der Waals surface area contributed by atoms with Gasteiger partial charge in [0.2, 0.25) is 0 Å². The predicted molar refractivity (Wildman–Crippen MR) is 47.6 cm³/mol. The van der Waals surface area contributed by atoms with Crippen molar-refractivity contribution in [2.75, 3.05) is 6.61 Å². The largest absolute Gasteiger partial charge is 0.473 e. The molecule has 0 bridgehead atoms. The van der Waals surface area contributed by atoms with Gasteiger partial charge in [0.1, 0.15) is 6.61 Å². The molecule has 0 saturated heterocycles. The van der Waals surface area contributed by atoms with Crippen molar-refractivity contribution in [1.29, 1.82) is 0 Å². The van der Waals surface area contributed by atoms with Gasteiger partial charge in [0.15, 0.2) is 5.78 Å². The molecule has 0 aliphatic rings. The molecule has 0 radical (unpaired) electrons. The maximum atomic E-state index is 10.9. The van der Waals surface area contributed by atoms with Gasteiger partial charge in [0.25, 0.3) is 0 Å². The van der Waals surface area contributed by atoms with Gasteiger partial charge in [0, 0.05) is 6.42 Å². The third kappa shape index (κ3) is 5.93. The Hall–Kier alpha value is -1.65. The number of esters is 1. The average Bonchev–Trinajstić information content (AvgIpc) is 2.12. The lowest BCUT2D eigenvalue weighted by atomic mass is 10.2. The van der Waals surface area contributed by atoms with Crippen molar-refractivity contribution in [1.82, 2.24) is 0 Å². The van der Waals surface area contributed by atoms with E-state index in [0.717, 1.165) is 6.42 Å². The second-order valence-corrected chi connectivity index (χ2v) is 2.52. The van der Waals surface area contributed by atoms with E-state index in [1.165, 1.54) is 12.2 Å². The Bertz CT molecular complexity index is 254. The van der Waals surface area contributed by atoms with Crippen LogP contribution in [0.15, 0.2) is 12.2 Å². The molecule has 0 spiro atoms. The highest BCUT2D eigenvalue weighted by atomic mass is 16.6. The Labute approximate surface area is 81.4 Å². The minimum absolute atomic E-state index is 0.0705. The zero-order valence-electron chi connectivity index (χ0n) is 7.86. The lowest BCUT2D eigenvalue weighted by molar-refractivity contribution is -0.163. The van der Waals surface area contributed by atoms with Gasteiger partial charge in [-0.25, -0.2) is 9.59 Å². The number of carboxylic acids is 1. The second-order valence-electron chi connectivity index (χ2n) is 2.52. The Morgan fingerprint density at radius 3 is 2.50 bits per heavy atom. The van der Waals surface area contributed by atoms with Crippen molar-refractivity contribution in [2.24, 2.45) is 0 Å². The van der Waals surface area contributed by atoms with Gasteiger partial charge < -0.3 is 9.84 Å². The van der Waals surface area contributed by atoms with E-state index in [1.807, 2.05) is 6.92 Å². The molecular weight excluding hydrogens is 188 g/mol. The highest BCUT2D eigenvalue weighted by Crippen LogP contribution is 1.90. The van der Waals surface area contributed by atoms with E-state index >= 15 is 0 Å². The highest BCUT2D eigenvalue weighted by molar-refractivity contribution is 6.28. The summed E-state index contributed by atoms with van der Waals surface area (Å²) in [6, 6.07) is 0. The minimum atomic E-state index is -1.64. The summed E-state index contributed by atoms with van der Waals surface area (Å²) in [5.41, 5.74) is 0. The third-order valence-electron chi connectivity index (χ3n) is 1.29. The van der Waals surface area contributed by atoms with E-state index < -0.39 is 11.9 Å². The fourth-order valence-corrected chi connectivity index (χ4v) is 0.695. The monoisotopic (exact) mass is 200 g/mol. The number of ether oxygens (including phenoxy) is 1. The first-order valence-corrected chi connectivity index (χ1v) is 4.17. The van der Waals surface area contributed by atoms with Crippen molar-refractivity contribution >= 4 is 17.7 Å². The number of hydrogen-bond donors (Lipinski definition) is 1. The van der Waals surface area contributed by atoms with Crippen molar-refractivity contribution in [3.8, 4) is 0 Å². The Kier molecular flexibility index (Phi) is 6.02. The topological polar surface area (TPSA) is 80.7 Å². The van der Waals surface area contributed by atoms with Gasteiger partial charge in [-0.2, -0.15) is 0 Å². The molecule has 5 nitrogen and oxygen atoms in total. The molecule has 0 aromatic rings. The van der Waals surface area contributed by atoms with Gasteiger partial charge in [-0.05, 0) is 18.6 Å². The van der Waals surface area contributed by atoms with Gasteiger partial charge in [-0.3, -0.25) is 4.79 Å². The fraction of sp³-hybridized carbons (Fsp3) is 0.444. The Balaban J connectivity index is 3.68. The van der Waals surface area contributed by atoms with Crippen molar-refractivity contribution in [3.63, 3.8) is 0 Å². The summed E-state index contributed by atoms with van der Waals surface area (Å²) >= 11 is 0. The molecular formula is C9H12O5. The predicted octanol–water partition coefficient (Wildman–Crippen LogP) is 0.540. The summed E-state index contributed by atoms with van der Waals surface area (Å²) in [7, 11) is 0. The molecule has 0 amide bonds. The van der Waals surface area contributed by atoms with Crippen LogP contribution in [0.25, 0.3) is 0 Å².